The fourth-order valence-electron chi connectivity index (χ4n) is 0.386. The molecule has 6 heteroatoms. The van der Waals surface area contributed by atoms with E-state index in [0.29, 0.717) is 0 Å². The molecule has 0 amide bonds. The van der Waals surface area contributed by atoms with Gasteiger partial charge >= 0.3 is 7.82 Å². The first-order chi connectivity index (χ1) is 5.68. The van der Waals surface area contributed by atoms with Crippen molar-refractivity contribution >= 4 is 7.82 Å². The van der Waals surface area contributed by atoms with E-state index in [1.165, 1.54) is 7.11 Å². The highest BCUT2D eigenvalue weighted by Gasteiger charge is 2.26. The Bertz CT molecular complexity index is 176. The van der Waals surface area contributed by atoms with Crippen molar-refractivity contribution in [3.05, 3.63) is 25.7 Å². The van der Waals surface area contributed by atoms with Gasteiger partial charge in [0, 0.05) is 7.11 Å². The summed E-state index contributed by atoms with van der Waals surface area (Å²) in [5, 5.41) is 0. The number of methoxy groups -OCH3 is 1. The van der Waals surface area contributed by atoms with Crippen molar-refractivity contribution in [2.75, 3.05) is 13.9 Å². The van der Waals surface area contributed by atoms with Crippen LogP contribution in [0.15, 0.2) is 25.7 Å². The average molecular weight is 194 g/mol. The summed E-state index contributed by atoms with van der Waals surface area (Å²) in [6.45, 7) is 6.22. The van der Waals surface area contributed by atoms with Crippen LogP contribution in [0.3, 0.4) is 0 Å². The average Bonchev–Trinajstić information content (AvgIpc) is 2.02. The van der Waals surface area contributed by atoms with E-state index in [9.17, 15) is 4.57 Å². The summed E-state index contributed by atoms with van der Waals surface area (Å²) in [5.74, 6) is 0. The molecule has 0 aliphatic rings. The molecule has 0 heterocycles. The second-order valence-electron chi connectivity index (χ2n) is 1.53. The molecule has 0 aromatic heterocycles. The molecule has 0 aliphatic carbocycles. The molecule has 0 aliphatic heterocycles. The maximum atomic E-state index is 11.3. The van der Waals surface area contributed by atoms with Crippen molar-refractivity contribution < 1.29 is 22.9 Å². The molecule has 12 heavy (non-hydrogen) atoms. The van der Waals surface area contributed by atoms with Crippen molar-refractivity contribution in [3.8, 4) is 0 Å². The van der Waals surface area contributed by atoms with E-state index in [-0.39, 0.29) is 6.79 Å². The van der Waals surface area contributed by atoms with Gasteiger partial charge in [0.05, 0.1) is 12.5 Å². The Morgan fingerprint density at radius 1 is 1.33 bits per heavy atom. The Kier molecular flexibility index (Phi) is 5.45. The Hall–Kier alpha value is -0.770. The predicted octanol–water partition coefficient (Wildman–Crippen LogP) is 2.04. The minimum absolute atomic E-state index is 0.195. The third-order valence-electron chi connectivity index (χ3n) is 0.736. The number of ether oxygens (including phenoxy) is 1. The van der Waals surface area contributed by atoms with E-state index in [0.717, 1.165) is 12.5 Å². The zero-order chi connectivity index (χ0) is 9.45. The molecule has 0 saturated heterocycles. The third-order valence-corrected chi connectivity index (χ3v) is 1.97. The van der Waals surface area contributed by atoms with Crippen molar-refractivity contribution in [1.29, 1.82) is 0 Å². The fraction of sp³-hybridized carbons (Fsp3) is 0.333. The monoisotopic (exact) mass is 194 g/mol. The SMILES string of the molecule is C=COP(=O)(OC=C)OCOC. The van der Waals surface area contributed by atoms with E-state index in [2.05, 4.69) is 31.5 Å². The zero-order valence-corrected chi connectivity index (χ0v) is 7.66. The summed E-state index contributed by atoms with van der Waals surface area (Å²) in [5.41, 5.74) is 0. The smallest absolute Gasteiger partial charge is 0.404 e. The van der Waals surface area contributed by atoms with Gasteiger partial charge in [0.25, 0.3) is 0 Å². The molecular formula is C6H11O5P. The topological polar surface area (TPSA) is 54.0 Å². The van der Waals surface area contributed by atoms with Gasteiger partial charge in [-0.3, -0.25) is 0 Å². The maximum absolute atomic E-state index is 11.3. The number of hydrogen-bond donors (Lipinski definition) is 0. The molecule has 0 spiro atoms. The van der Waals surface area contributed by atoms with Gasteiger partial charge in [-0.15, -0.1) is 0 Å². The summed E-state index contributed by atoms with van der Waals surface area (Å²) < 4.78 is 29.4. The highest BCUT2D eigenvalue weighted by molar-refractivity contribution is 7.48. The molecule has 70 valence electrons. The van der Waals surface area contributed by atoms with Gasteiger partial charge in [-0.1, -0.05) is 13.2 Å². The van der Waals surface area contributed by atoms with E-state index in [1.54, 1.807) is 0 Å². The van der Waals surface area contributed by atoms with Crippen molar-refractivity contribution in [1.82, 2.24) is 0 Å². The van der Waals surface area contributed by atoms with Crippen LogP contribution in [0.5, 0.6) is 0 Å². The Morgan fingerprint density at radius 2 is 1.83 bits per heavy atom. The van der Waals surface area contributed by atoms with Crippen LogP contribution in [0.4, 0.5) is 0 Å². The van der Waals surface area contributed by atoms with E-state index >= 15 is 0 Å². The highest BCUT2D eigenvalue weighted by atomic mass is 31.2. The Morgan fingerprint density at radius 3 is 2.17 bits per heavy atom. The van der Waals surface area contributed by atoms with Crippen LogP contribution in [0.1, 0.15) is 0 Å². The lowest BCUT2D eigenvalue weighted by Gasteiger charge is -2.13. The molecule has 0 aromatic rings. The normalized spacial score (nSPS) is 10.4. The molecule has 0 radical (unpaired) electrons. The minimum atomic E-state index is -3.60. The zero-order valence-electron chi connectivity index (χ0n) is 6.76. The van der Waals surface area contributed by atoms with Gasteiger partial charge in [-0.05, 0) is 0 Å². The summed E-state index contributed by atoms with van der Waals surface area (Å²) in [7, 11) is -2.22. The van der Waals surface area contributed by atoms with Crippen LogP contribution >= 0.6 is 7.82 Å². The van der Waals surface area contributed by atoms with E-state index in [4.69, 9.17) is 0 Å². The van der Waals surface area contributed by atoms with Crippen molar-refractivity contribution in [2.45, 2.75) is 0 Å². The van der Waals surface area contributed by atoms with Gasteiger partial charge < -0.3 is 13.8 Å². The van der Waals surface area contributed by atoms with Crippen LogP contribution < -0.4 is 0 Å². The fourth-order valence-corrected chi connectivity index (χ4v) is 1.16. The van der Waals surface area contributed by atoms with Crippen LogP contribution in [-0.4, -0.2) is 13.9 Å². The predicted molar refractivity (Wildman–Crippen MR) is 43.1 cm³/mol. The lowest BCUT2D eigenvalue weighted by Crippen LogP contribution is -1.97. The van der Waals surface area contributed by atoms with Gasteiger partial charge in [-0.25, -0.2) is 9.09 Å². The second-order valence-corrected chi connectivity index (χ2v) is 3.10. The van der Waals surface area contributed by atoms with Crippen LogP contribution in [0.25, 0.3) is 0 Å². The lowest BCUT2D eigenvalue weighted by molar-refractivity contribution is 0.0255. The molecule has 0 bridgehead atoms. The Labute approximate surface area is 71.2 Å². The third kappa shape index (κ3) is 4.18. The van der Waals surface area contributed by atoms with Crippen LogP contribution in [0.2, 0.25) is 0 Å². The first-order valence-electron chi connectivity index (χ1n) is 3.00. The van der Waals surface area contributed by atoms with Gasteiger partial charge in [0.15, 0.2) is 6.79 Å². The van der Waals surface area contributed by atoms with E-state index in [1.807, 2.05) is 0 Å². The van der Waals surface area contributed by atoms with Crippen molar-refractivity contribution in [2.24, 2.45) is 0 Å². The molecule has 0 fully saturated rings. The van der Waals surface area contributed by atoms with Gasteiger partial charge in [0.1, 0.15) is 0 Å². The van der Waals surface area contributed by atoms with Crippen LogP contribution in [-0.2, 0) is 22.9 Å². The van der Waals surface area contributed by atoms with Crippen molar-refractivity contribution in [3.63, 3.8) is 0 Å². The summed E-state index contributed by atoms with van der Waals surface area (Å²) >= 11 is 0. The van der Waals surface area contributed by atoms with Gasteiger partial charge in [0.2, 0.25) is 0 Å². The van der Waals surface area contributed by atoms with Crippen LogP contribution in [0, 0.1) is 0 Å². The summed E-state index contributed by atoms with van der Waals surface area (Å²) in [6, 6.07) is 0. The molecule has 0 atom stereocenters. The lowest BCUT2D eigenvalue weighted by atomic mass is 11.2. The number of hydrogen-bond acceptors (Lipinski definition) is 5. The molecular weight excluding hydrogens is 183 g/mol. The molecule has 5 nitrogen and oxygen atoms in total. The first kappa shape index (κ1) is 11.2. The minimum Gasteiger partial charge on any atom is -0.404 e. The summed E-state index contributed by atoms with van der Waals surface area (Å²) in [4.78, 5) is 0. The number of rotatable bonds is 7. The second kappa shape index (κ2) is 5.83. The Balaban J connectivity index is 4.07. The standard InChI is InChI=1S/C6H11O5P/c1-4-9-12(7,10-5-2)11-6-8-3/h4-5H,1-2,6H2,3H3. The largest absolute Gasteiger partial charge is 0.588 e. The molecule has 0 N–H and O–H groups in total. The number of phosphoric ester groups is 1. The quantitative estimate of drug-likeness (QED) is 0.352. The first-order valence-corrected chi connectivity index (χ1v) is 4.46. The summed E-state index contributed by atoms with van der Waals surface area (Å²) in [6.07, 6.45) is 1.92. The molecule has 0 unspecified atom stereocenters. The highest BCUT2D eigenvalue weighted by Crippen LogP contribution is 2.49. The molecule has 0 aromatic carbocycles. The molecule has 0 saturated carbocycles. The number of phosphoric acid groups is 1. The van der Waals surface area contributed by atoms with E-state index < -0.39 is 7.82 Å². The maximum Gasteiger partial charge on any atom is 0.588 e. The van der Waals surface area contributed by atoms with Gasteiger partial charge in [-0.2, -0.15) is 0 Å². The molecule has 0 rings (SSSR count).